The maximum atomic E-state index is 12.7. The summed E-state index contributed by atoms with van der Waals surface area (Å²) in [6.07, 6.45) is -11.4. The molecule has 0 aliphatic rings. The summed E-state index contributed by atoms with van der Waals surface area (Å²) in [6.45, 7) is 0.861. The van der Waals surface area contributed by atoms with E-state index in [4.69, 9.17) is 0 Å². The topological polar surface area (TPSA) is 37.4 Å². The SMILES string of the molecule is Cc1c(N(CCCC(F)(F)F)S(=O)(=O)CC(F)(F)F)sc2ccccc12. The third-order valence-corrected chi connectivity index (χ3v) is 6.69. The Bertz CT molecular complexity index is 870. The van der Waals surface area contributed by atoms with Crippen LogP contribution in [-0.2, 0) is 10.0 Å². The van der Waals surface area contributed by atoms with Crippen LogP contribution in [0.4, 0.5) is 31.3 Å². The Morgan fingerprint density at radius 3 is 2.19 bits per heavy atom. The molecule has 146 valence electrons. The van der Waals surface area contributed by atoms with Crippen LogP contribution in [0.1, 0.15) is 18.4 Å². The number of alkyl halides is 6. The highest BCUT2D eigenvalue weighted by molar-refractivity contribution is 7.93. The molecule has 2 rings (SSSR count). The van der Waals surface area contributed by atoms with Gasteiger partial charge in [0.05, 0.1) is 0 Å². The zero-order valence-corrected chi connectivity index (χ0v) is 15.1. The van der Waals surface area contributed by atoms with E-state index in [0.717, 1.165) is 11.3 Å². The number of anilines is 1. The van der Waals surface area contributed by atoms with Gasteiger partial charge in [0.2, 0.25) is 10.0 Å². The summed E-state index contributed by atoms with van der Waals surface area (Å²) >= 11 is 0.941. The molecule has 0 fully saturated rings. The molecule has 0 saturated heterocycles. The minimum Gasteiger partial charge on any atom is -0.260 e. The molecular weight excluding hydrogens is 404 g/mol. The first-order valence-electron chi connectivity index (χ1n) is 7.42. The fourth-order valence-corrected chi connectivity index (χ4v) is 5.44. The summed E-state index contributed by atoms with van der Waals surface area (Å²) in [7, 11) is -4.87. The van der Waals surface area contributed by atoms with Crippen LogP contribution in [0.2, 0.25) is 0 Å². The molecule has 1 aromatic carbocycles. The first kappa shape index (κ1) is 20.8. The van der Waals surface area contributed by atoms with Crippen molar-refractivity contribution >= 4 is 36.4 Å². The number of fused-ring (bicyclic) bond motifs is 1. The molecule has 1 heterocycles. The van der Waals surface area contributed by atoms with Crippen molar-refractivity contribution in [2.45, 2.75) is 32.1 Å². The molecule has 3 nitrogen and oxygen atoms in total. The van der Waals surface area contributed by atoms with Crippen LogP contribution < -0.4 is 4.31 Å². The lowest BCUT2D eigenvalue weighted by molar-refractivity contribution is -0.135. The fourth-order valence-electron chi connectivity index (χ4n) is 2.47. The van der Waals surface area contributed by atoms with Crippen molar-refractivity contribution in [3.8, 4) is 0 Å². The molecule has 11 heteroatoms. The minimum atomic E-state index is -4.99. The van der Waals surface area contributed by atoms with Crippen molar-refractivity contribution < 1.29 is 34.8 Å². The van der Waals surface area contributed by atoms with Crippen LogP contribution >= 0.6 is 11.3 Å². The van der Waals surface area contributed by atoms with Gasteiger partial charge in [-0.3, -0.25) is 4.31 Å². The molecule has 1 aromatic heterocycles. The fraction of sp³-hybridized carbons (Fsp3) is 0.467. The quantitative estimate of drug-likeness (QED) is 0.600. The van der Waals surface area contributed by atoms with Crippen LogP contribution in [0.15, 0.2) is 24.3 Å². The molecule has 0 bridgehead atoms. The smallest absolute Gasteiger partial charge is 0.260 e. The number of nitrogens with zero attached hydrogens (tertiary/aromatic N) is 1. The van der Waals surface area contributed by atoms with Crippen LogP contribution in [0.3, 0.4) is 0 Å². The Labute approximate surface area is 150 Å². The van der Waals surface area contributed by atoms with E-state index >= 15 is 0 Å². The molecular formula is C15H15F6NO2S2. The molecule has 0 atom stereocenters. The summed E-state index contributed by atoms with van der Waals surface area (Å²) in [6, 6.07) is 6.71. The van der Waals surface area contributed by atoms with E-state index in [2.05, 4.69) is 0 Å². The van der Waals surface area contributed by atoms with Gasteiger partial charge in [-0.2, -0.15) is 26.3 Å². The number of hydrogen-bond donors (Lipinski definition) is 0. The minimum absolute atomic E-state index is 0.0117. The van der Waals surface area contributed by atoms with Crippen LogP contribution in [-0.4, -0.2) is 33.1 Å². The summed E-state index contributed by atoms with van der Waals surface area (Å²) < 4.78 is 101. The molecule has 0 saturated carbocycles. The van der Waals surface area contributed by atoms with E-state index in [9.17, 15) is 34.8 Å². The number of sulfonamides is 1. The molecule has 2 aromatic rings. The molecule has 0 radical (unpaired) electrons. The van der Waals surface area contributed by atoms with Crippen LogP contribution in [0.5, 0.6) is 0 Å². The highest BCUT2D eigenvalue weighted by atomic mass is 32.2. The van der Waals surface area contributed by atoms with Crippen molar-refractivity contribution in [2.24, 2.45) is 0 Å². The molecule has 0 amide bonds. The third kappa shape index (κ3) is 5.26. The van der Waals surface area contributed by atoms with Crippen molar-refractivity contribution in [1.29, 1.82) is 0 Å². The van der Waals surface area contributed by atoms with Gasteiger partial charge >= 0.3 is 12.4 Å². The van der Waals surface area contributed by atoms with Gasteiger partial charge in [0.15, 0.2) is 5.75 Å². The first-order valence-corrected chi connectivity index (χ1v) is 9.85. The van der Waals surface area contributed by atoms with Crippen molar-refractivity contribution in [3.05, 3.63) is 29.8 Å². The lowest BCUT2D eigenvalue weighted by Gasteiger charge is -2.24. The summed E-state index contributed by atoms with van der Waals surface area (Å²) in [5.74, 6) is -2.13. The molecule has 0 unspecified atom stereocenters. The predicted molar refractivity (Wildman–Crippen MR) is 89.0 cm³/mol. The normalized spacial score (nSPS) is 13.3. The number of halogens is 6. The van der Waals surface area contributed by atoms with E-state index < -0.39 is 47.5 Å². The Balaban J connectivity index is 2.43. The number of benzene rings is 1. The Morgan fingerprint density at radius 1 is 1.04 bits per heavy atom. The van der Waals surface area contributed by atoms with E-state index in [0.29, 0.717) is 20.0 Å². The first-order chi connectivity index (χ1) is 11.8. The lowest BCUT2D eigenvalue weighted by atomic mass is 10.2. The maximum Gasteiger partial charge on any atom is 0.404 e. The Hall–Kier alpha value is -1.49. The molecule has 0 N–H and O–H groups in total. The van der Waals surface area contributed by atoms with Crippen molar-refractivity contribution in [3.63, 3.8) is 0 Å². The average Bonchev–Trinajstić information content (AvgIpc) is 2.77. The summed E-state index contributed by atoms with van der Waals surface area (Å²) in [5.41, 5.74) is 0.420. The van der Waals surface area contributed by atoms with Gasteiger partial charge in [0, 0.05) is 17.7 Å². The van der Waals surface area contributed by atoms with E-state index in [1.165, 1.54) is 6.92 Å². The van der Waals surface area contributed by atoms with Crippen LogP contribution in [0, 0.1) is 6.92 Å². The zero-order valence-electron chi connectivity index (χ0n) is 13.5. The monoisotopic (exact) mass is 419 g/mol. The molecule has 0 aliphatic heterocycles. The summed E-state index contributed by atoms with van der Waals surface area (Å²) in [4.78, 5) is 0. The van der Waals surface area contributed by atoms with E-state index in [1.807, 2.05) is 0 Å². The number of thiophene rings is 1. The number of rotatable bonds is 6. The molecule has 26 heavy (non-hydrogen) atoms. The Kier molecular flexibility index (Phi) is 5.81. The van der Waals surface area contributed by atoms with Gasteiger partial charge in [-0.25, -0.2) is 8.42 Å². The van der Waals surface area contributed by atoms with E-state index in [-0.39, 0.29) is 5.00 Å². The van der Waals surface area contributed by atoms with E-state index in [1.54, 1.807) is 24.3 Å². The number of hydrogen-bond acceptors (Lipinski definition) is 3. The van der Waals surface area contributed by atoms with Gasteiger partial charge in [0.25, 0.3) is 0 Å². The highest BCUT2D eigenvalue weighted by Gasteiger charge is 2.40. The molecule has 0 aliphatic carbocycles. The van der Waals surface area contributed by atoms with Gasteiger partial charge < -0.3 is 0 Å². The van der Waals surface area contributed by atoms with Crippen LogP contribution in [0.25, 0.3) is 10.1 Å². The summed E-state index contributed by atoms with van der Waals surface area (Å²) in [5, 5.41) is 0.660. The third-order valence-electron chi connectivity index (χ3n) is 3.55. The van der Waals surface area contributed by atoms with Gasteiger partial charge in [-0.05, 0) is 30.4 Å². The molecule has 0 spiro atoms. The Morgan fingerprint density at radius 2 is 1.65 bits per heavy atom. The standard InChI is InChI=1S/C15H15F6NO2S2/c1-10-11-5-2-3-6-12(11)25-13(10)22(8-4-7-14(16,17)18)26(23,24)9-15(19,20)21/h2-3,5-6H,4,7-9H2,1H3. The van der Waals surface area contributed by atoms with Gasteiger partial charge in [-0.1, -0.05) is 18.2 Å². The lowest BCUT2D eigenvalue weighted by Crippen LogP contribution is -2.38. The van der Waals surface area contributed by atoms with Gasteiger partial charge in [0.1, 0.15) is 5.00 Å². The maximum absolute atomic E-state index is 12.7. The second kappa shape index (κ2) is 7.26. The second-order valence-electron chi connectivity index (χ2n) is 5.69. The van der Waals surface area contributed by atoms with Gasteiger partial charge in [-0.15, -0.1) is 11.3 Å². The second-order valence-corrected chi connectivity index (χ2v) is 8.61. The number of aryl methyl sites for hydroxylation is 1. The van der Waals surface area contributed by atoms with Crippen molar-refractivity contribution in [2.75, 3.05) is 16.6 Å². The van der Waals surface area contributed by atoms with Crippen molar-refractivity contribution in [1.82, 2.24) is 0 Å². The highest BCUT2D eigenvalue weighted by Crippen LogP contribution is 2.39. The largest absolute Gasteiger partial charge is 0.404 e. The predicted octanol–water partition coefficient (Wildman–Crippen LogP) is 5.25. The average molecular weight is 419 g/mol. The zero-order chi connectivity index (χ0) is 19.8.